The number of hydrogen-bond donors (Lipinski definition) is 1. The lowest BCUT2D eigenvalue weighted by Gasteiger charge is -2.40. The lowest BCUT2D eigenvalue weighted by Crippen LogP contribution is -2.48. The summed E-state index contributed by atoms with van der Waals surface area (Å²) in [5.41, 5.74) is 5.79. The van der Waals surface area contributed by atoms with Crippen molar-refractivity contribution in [2.24, 2.45) is 0 Å². The van der Waals surface area contributed by atoms with Gasteiger partial charge in [-0.3, -0.25) is 9.80 Å². The van der Waals surface area contributed by atoms with Gasteiger partial charge in [0.1, 0.15) is 5.82 Å². The Morgan fingerprint density at radius 1 is 0.806 bits per heavy atom. The molecule has 0 spiro atoms. The third-order valence-electron chi connectivity index (χ3n) is 7.43. The fraction of sp³-hybridized carbons (Fsp3) is 0.387. The van der Waals surface area contributed by atoms with Gasteiger partial charge in [0, 0.05) is 45.7 Å². The topological polar surface area (TPSA) is 44.5 Å². The van der Waals surface area contributed by atoms with Gasteiger partial charge < -0.3 is 9.67 Å². The van der Waals surface area contributed by atoms with Crippen molar-refractivity contribution in [2.45, 2.75) is 45.4 Å². The van der Waals surface area contributed by atoms with Crippen molar-refractivity contribution in [1.29, 1.82) is 0 Å². The SMILES string of the molecule is CCCn1c(CC)nc2cc(C(O)CN3CCN(C(c4ccccc4)c4ccccc4)CC3)ccc21. The van der Waals surface area contributed by atoms with Gasteiger partial charge in [0.15, 0.2) is 0 Å². The van der Waals surface area contributed by atoms with E-state index >= 15 is 0 Å². The molecule has 3 aromatic carbocycles. The van der Waals surface area contributed by atoms with Crippen LogP contribution >= 0.6 is 0 Å². The van der Waals surface area contributed by atoms with Crippen molar-refractivity contribution in [3.8, 4) is 0 Å². The molecule has 1 aliphatic heterocycles. The monoisotopic (exact) mass is 482 g/mol. The fourth-order valence-corrected chi connectivity index (χ4v) is 5.59. The van der Waals surface area contributed by atoms with E-state index in [2.05, 4.69) is 107 Å². The maximum Gasteiger partial charge on any atom is 0.109 e. The van der Waals surface area contributed by atoms with Gasteiger partial charge in [-0.15, -0.1) is 0 Å². The molecule has 0 saturated carbocycles. The molecular formula is C31H38N4O. The number of rotatable bonds is 9. The zero-order valence-corrected chi connectivity index (χ0v) is 21.6. The Morgan fingerprint density at radius 2 is 1.44 bits per heavy atom. The Hall–Kier alpha value is -2.99. The minimum absolute atomic E-state index is 0.257. The molecule has 1 aromatic heterocycles. The number of β-amino-alcohol motifs (C(OH)–C–C–N with tert-alkyl or cyclic N) is 1. The van der Waals surface area contributed by atoms with Crippen LogP contribution in [0, 0.1) is 0 Å². The number of aliphatic hydroxyl groups excluding tert-OH is 1. The van der Waals surface area contributed by atoms with E-state index in [1.54, 1.807) is 0 Å². The van der Waals surface area contributed by atoms with Gasteiger partial charge in [-0.25, -0.2) is 4.98 Å². The second-order valence-electron chi connectivity index (χ2n) is 9.86. The van der Waals surface area contributed by atoms with E-state index in [4.69, 9.17) is 4.98 Å². The molecule has 1 aliphatic rings. The Morgan fingerprint density at radius 3 is 2.03 bits per heavy atom. The standard InChI is InChI=1S/C31H38N4O/c1-3-17-35-28-16-15-26(22-27(28)32-30(35)4-2)29(36)23-33-18-20-34(21-19-33)31(24-11-7-5-8-12-24)25-13-9-6-10-14-25/h5-16,22,29,31,36H,3-4,17-21,23H2,1-2H3. The second-order valence-corrected chi connectivity index (χ2v) is 9.86. The molecule has 1 N–H and O–H groups in total. The first-order valence-electron chi connectivity index (χ1n) is 13.4. The number of aromatic nitrogens is 2. The number of piperazine rings is 1. The van der Waals surface area contributed by atoms with E-state index in [9.17, 15) is 5.11 Å². The van der Waals surface area contributed by atoms with Crippen LogP contribution in [0.1, 0.15) is 54.9 Å². The average Bonchev–Trinajstić information content (AvgIpc) is 3.28. The molecule has 5 rings (SSSR count). The predicted octanol–water partition coefficient (Wildman–Crippen LogP) is 5.45. The first-order chi connectivity index (χ1) is 17.7. The molecule has 1 atom stereocenters. The summed E-state index contributed by atoms with van der Waals surface area (Å²) in [4.78, 5) is 9.83. The van der Waals surface area contributed by atoms with E-state index in [-0.39, 0.29) is 6.04 Å². The summed E-state index contributed by atoms with van der Waals surface area (Å²) in [6, 6.07) is 28.2. The summed E-state index contributed by atoms with van der Waals surface area (Å²) < 4.78 is 2.32. The largest absolute Gasteiger partial charge is 0.387 e. The van der Waals surface area contributed by atoms with E-state index in [1.165, 1.54) is 16.6 Å². The number of benzene rings is 3. The predicted molar refractivity (Wildman–Crippen MR) is 147 cm³/mol. The highest BCUT2D eigenvalue weighted by molar-refractivity contribution is 5.77. The van der Waals surface area contributed by atoms with Gasteiger partial charge in [-0.1, -0.05) is 80.6 Å². The van der Waals surface area contributed by atoms with Gasteiger partial charge in [0.25, 0.3) is 0 Å². The summed E-state index contributed by atoms with van der Waals surface area (Å²) in [5.74, 6) is 1.13. The van der Waals surface area contributed by atoms with Crippen molar-refractivity contribution in [3.63, 3.8) is 0 Å². The number of imidazole rings is 1. The average molecular weight is 483 g/mol. The minimum Gasteiger partial charge on any atom is -0.387 e. The van der Waals surface area contributed by atoms with E-state index in [0.717, 1.165) is 62.5 Å². The van der Waals surface area contributed by atoms with Crippen LogP contribution in [0.4, 0.5) is 0 Å². The molecule has 0 amide bonds. The van der Waals surface area contributed by atoms with Crippen LogP contribution < -0.4 is 0 Å². The molecule has 1 fully saturated rings. The zero-order chi connectivity index (χ0) is 24.9. The highest BCUT2D eigenvalue weighted by Gasteiger charge is 2.27. The third kappa shape index (κ3) is 5.24. The molecule has 0 radical (unpaired) electrons. The van der Waals surface area contributed by atoms with E-state index in [0.29, 0.717) is 6.54 Å². The molecule has 188 valence electrons. The summed E-state index contributed by atoms with van der Waals surface area (Å²) in [7, 11) is 0. The number of aliphatic hydroxyl groups is 1. The van der Waals surface area contributed by atoms with E-state index in [1.807, 2.05) is 0 Å². The normalized spacial score (nSPS) is 16.1. The van der Waals surface area contributed by atoms with Crippen LogP contribution in [-0.4, -0.2) is 57.2 Å². The summed E-state index contributed by atoms with van der Waals surface area (Å²) >= 11 is 0. The fourth-order valence-electron chi connectivity index (χ4n) is 5.59. The van der Waals surface area contributed by atoms with Crippen LogP contribution in [0.3, 0.4) is 0 Å². The summed E-state index contributed by atoms with van der Waals surface area (Å²) in [6.07, 6.45) is 1.50. The molecular weight excluding hydrogens is 444 g/mol. The molecule has 1 saturated heterocycles. The molecule has 0 aliphatic carbocycles. The molecule has 5 heteroatoms. The molecule has 1 unspecified atom stereocenters. The van der Waals surface area contributed by atoms with Crippen molar-refractivity contribution in [3.05, 3.63) is 101 Å². The first-order valence-corrected chi connectivity index (χ1v) is 13.4. The van der Waals surface area contributed by atoms with Gasteiger partial charge >= 0.3 is 0 Å². The van der Waals surface area contributed by atoms with Crippen LogP contribution in [0.25, 0.3) is 11.0 Å². The number of nitrogens with zero attached hydrogens (tertiary/aromatic N) is 4. The van der Waals surface area contributed by atoms with E-state index < -0.39 is 6.10 Å². The van der Waals surface area contributed by atoms with Gasteiger partial charge in [-0.2, -0.15) is 0 Å². The Balaban J connectivity index is 1.26. The molecule has 2 heterocycles. The maximum absolute atomic E-state index is 11.1. The lowest BCUT2D eigenvalue weighted by molar-refractivity contribution is 0.0623. The highest BCUT2D eigenvalue weighted by Crippen LogP contribution is 2.30. The quantitative estimate of drug-likeness (QED) is 0.345. The zero-order valence-electron chi connectivity index (χ0n) is 21.6. The summed E-state index contributed by atoms with van der Waals surface area (Å²) in [6.45, 7) is 9.83. The van der Waals surface area contributed by atoms with Crippen molar-refractivity contribution in [2.75, 3.05) is 32.7 Å². The Labute approximate surface area is 215 Å². The van der Waals surface area contributed by atoms with Crippen molar-refractivity contribution >= 4 is 11.0 Å². The second kappa shape index (κ2) is 11.4. The van der Waals surface area contributed by atoms with Gasteiger partial charge in [0.05, 0.1) is 23.2 Å². The van der Waals surface area contributed by atoms with Crippen LogP contribution in [0.5, 0.6) is 0 Å². The third-order valence-corrected chi connectivity index (χ3v) is 7.43. The lowest BCUT2D eigenvalue weighted by atomic mass is 9.96. The number of fused-ring (bicyclic) bond motifs is 1. The summed E-state index contributed by atoms with van der Waals surface area (Å²) in [5, 5.41) is 11.1. The molecule has 36 heavy (non-hydrogen) atoms. The van der Waals surface area contributed by atoms with Crippen LogP contribution in [-0.2, 0) is 13.0 Å². The number of aryl methyl sites for hydroxylation is 2. The van der Waals surface area contributed by atoms with Gasteiger partial charge in [0.2, 0.25) is 0 Å². The maximum atomic E-state index is 11.1. The smallest absolute Gasteiger partial charge is 0.109 e. The number of hydrogen-bond acceptors (Lipinski definition) is 4. The van der Waals surface area contributed by atoms with Crippen molar-refractivity contribution in [1.82, 2.24) is 19.4 Å². The van der Waals surface area contributed by atoms with Crippen molar-refractivity contribution < 1.29 is 5.11 Å². The molecule has 5 nitrogen and oxygen atoms in total. The van der Waals surface area contributed by atoms with Gasteiger partial charge in [-0.05, 0) is 35.2 Å². The molecule has 0 bridgehead atoms. The Kier molecular flexibility index (Phi) is 7.81. The highest BCUT2D eigenvalue weighted by atomic mass is 16.3. The first kappa shape index (κ1) is 24.7. The van der Waals surface area contributed by atoms with Crippen LogP contribution in [0.2, 0.25) is 0 Å². The molecule has 4 aromatic rings. The Bertz CT molecular complexity index is 1210. The minimum atomic E-state index is -0.513. The van der Waals surface area contributed by atoms with Crippen LogP contribution in [0.15, 0.2) is 78.9 Å².